The Labute approximate surface area is 130 Å². The van der Waals surface area contributed by atoms with Crippen LogP contribution in [0.4, 0.5) is 4.39 Å². The summed E-state index contributed by atoms with van der Waals surface area (Å²) in [6.07, 6.45) is 0.842. The lowest BCUT2D eigenvalue weighted by molar-refractivity contribution is 0.180. The van der Waals surface area contributed by atoms with E-state index in [1.165, 1.54) is 16.4 Å². The summed E-state index contributed by atoms with van der Waals surface area (Å²) >= 11 is 0. The SMILES string of the molecule is Cc1ccc(F)c(S(=O)(=O)N(CCC#N)CC2CCOC2)c1. The smallest absolute Gasteiger partial charge is 0.246 e. The maximum Gasteiger partial charge on any atom is 0.246 e. The molecule has 0 radical (unpaired) electrons. The van der Waals surface area contributed by atoms with Gasteiger partial charge < -0.3 is 4.74 Å². The van der Waals surface area contributed by atoms with Crippen LogP contribution in [0.1, 0.15) is 18.4 Å². The minimum absolute atomic E-state index is 0.0582. The Morgan fingerprint density at radius 2 is 2.27 bits per heavy atom. The molecule has 1 heterocycles. The van der Waals surface area contributed by atoms with Gasteiger partial charge in [-0.2, -0.15) is 9.57 Å². The summed E-state index contributed by atoms with van der Waals surface area (Å²) in [4.78, 5) is -0.329. The lowest BCUT2D eigenvalue weighted by Crippen LogP contribution is -2.36. The summed E-state index contributed by atoms with van der Waals surface area (Å²) in [5.74, 6) is -0.684. The van der Waals surface area contributed by atoms with Gasteiger partial charge in [0.1, 0.15) is 10.7 Å². The number of halogens is 1. The molecule has 0 amide bonds. The van der Waals surface area contributed by atoms with Crippen molar-refractivity contribution in [2.45, 2.75) is 24.7 Å². The van der Waals surface area contributed by atoms with Crippen LogP contribution in [0.25, 0.3) is 0 Å². The summed E-state index contributed by atoms with van der Waals surface area (Å²) in [5.41, 5.74) is 0.671. The summed E-state index contributed by atoms with van der Waals surface area (Å²) in [5, 5.41) is 8.74. The first-order chi connectivity index (χ1) is 10.4. The van der Waals surface area contributed by atoms with Crippen LogP contribution in [0, 0.1) is 30.0 Å². The zero-order valence-electron chi connectivity index (χ0n) is 12.5. The van der Waals surface area contributed by atoms with Crippen LogP contribution in [0.15, 0.2) is 23.1 Å². The Morgan fingerprint density at radius 3 is 2.91 bits per heavy atom. The molecule has 0 spiro atoms. The molecule has 0 N–H and O–H groups in total. The number of nitriles is 1. The van der Waals surface area contributed by atoms with Gasteiger partial charge in [-0.25, -0.2) is 12.8 Å². The molecule has 1 aliphatic heterocycles. The van der Waals surface area contributed by atoms with Gasteiger partial charge in [-0.15, -0.1) is 0 Å². The molecule has 1 unspecified atom stereocenters. The van der Waals surface area contributed by atoms with E-state index in [0.717, 1.165) is 12.5 Å². The second-order valence-corrected chi connectivity index (χ2v) is 7.34. The highest BCUT2D eigenvalue weighted by atomic mass is 32.2. The third-order valence-corrected chi connectivity index (χ3v) is 5.54. The summed E-state index contributed by atoms with van der Waals surface area (Å²) in [7, 11) is -3.96. The molecular weight excluding hydrogens is 307 g/mol. The van der Waals surface area contributed by atoms with Gasteiger partial charge in [0.15, 0.2) is 0 Å². The first-order valence-corrected chi connectivity index (χ1v) is 8.60. The first-order valence-electron chi connectivity index (χ1n) is 7.16. The lowest BCUT2D eigenvalue weighted by Gasteiger charge is -2.24. The van der Waals surface area contributed by atoms with Crippen LogP contribution in [-0.2, 0) is 14.8 Å². The Kier molecular flexibility index (Phi) is 5.51. The van der Waals surface area contributed by atoms with Gasteiger partial charge in [-0.3, -0.25) is 0 Å². The predicted molar refractivity (Wildman–Crippen MR) is 79.1 cm³/mol. The van der Waals surface area contributed by atoms with Gasteiger partial charge in [-0.05, 0) is 37.0 Å². The Bertz CT molecular complexity index is 664. The first kappa shape index (κ1) is 16.9. The van der Waals surface area contributed by atoms with E-state index < -0.39 is 15.8 Å². The fraction of sp³-hybridized carbons (Fsp3) is 0.533. The molecule has 1 saturated heterocycles. The quantitative estimate of drug-likeness (QED) is 0.802. The molecule has 5 nitrogen and oxygen atoms in total. The van der Waals surface area contributed by atoms with E-state index in [0.29, 0.717) is 18.8 Å². The van der Waals surface area contributed by atoms with Crippen molar-refractivity contribution in [3.05, 3.63) is 29.6 Å². The molecule has 0 saturated carbocycles. The number of hydrogen-bond donors (Lipinski definition) is 0. The lowest BCUT2D eigenvalue weighted by atomic mass is 10.1. The van der Waals surface area contributed by atoms with Crippen LogP contribution < -0.4 is 0 Å². The zero-order chi connectivity index (χ0) is 16.2. The Balaban J connectivity index is 2.30. The molecule has 22 heavy (non-hydrogen) atoms. The van der Waals surface area contributed by atoms with Crippen molar-refractivity contribution in [3.63, 3.8) is 0 Å². The molecule has 2 rings (SSSR count). The second-order valence-electron chi connectivity index (χ2n) is 5.43. The molecular formula is C15H19FN2O3S. The number of hydrogen-bond acceptors (Lipinski definition) is 4. The maximum atomic E-state index is 14.0. The van der Waals surface area contributed by atoms with Gasteiger partial charge in [0, 0.05) is 26.1 Å². The molecule has 120 valence electrons. The standard InChI is InChI=1S/C15H19FN2O3S/c1-12-3-4-14(16)15(9-12)22(19,20)18(7-2-6-17)10-13-5-8-21-11-13/h3-4,9,13H,2,5,7-8,10-11H2,1H3. The topological polar surface area (TPSA) is 70.4 Å². The third kappa shape index (κ3) is 3.83. The number of ether oxygens (including phenoxy) is 1. The van der Waals surface area contributed by atoms with E-state index in [1.54, 1.807) is 6.92 Å². The van der Waals surface area contributed by atoms with E-state index in [4.69, 9.17) is 10.00 Å². The molecule has 1 aromatic carbocycles. The number of nitrogens with zero attached hydrogens (tertiary/aromatic N) is 2. The molecule has 1 aromatic rings. The number of benzene rings is 1. The highest BCUT2D eigenvalue weighted by molar-refractivity contribution is 7.89. The fourth-order valence-corrected chi connectivity index (χ4v) is 4.11. The molecule has 0 bridgehead atoms. The van der Waals surface area contributed by atoms with E-state index in [-0.39, 0.29) is 30.3 Å². The number of sulfonamides is 1. The van der Waals surface area contributed by atoms with Gasteiger partial charge in [0.25, 0.3) is 0 Å². The third-order valence-electron chi connectivity index (χ3n) is 3.66. The van der Waals surface area contributed by atoms with Crippen molar-refractivity contribution >= 4 is 10.0 Å². The van der Waals surface area contributed by atoms with Crippen molar-refractivity contribution in [3.8, 4) is 6.07 Å². The molecule has 1 aliphatic rings. The molecule has 0 aromatic heterocycles. The van der Waals surface area contributed by atoms with Crippen molar-refractivity contribution < 1.29 is 17.5 Å². The molecule has 1 fully saturated rings. The van der Waals surface area contributed by atoms with Gasteiger partial charge >= 0.3 is 0 Å². The summed E-state index contributed by atoms with van der Waals surface area (Å²) < 4.78 is 45.9. The van der Waals surface area contributed by atoms with E-state index >= 15 is 0 Å². The van der Waals surface area contributed by atoms with E-state index in [2.05, 4.69) is 0 Å². The number of aryl methyl sites for hydroxylation is 1. The van der Waals surface area contributed by atoms with Crippen LogP contribution in [0.2, 0.25) is 0 Å². The average Bonchev–Trinajstić information content (AvgIpc) is 2.98. The van der Waals surface area contributed by atoms with Crippen LogP contribution in [-0.4, -0.2) is 39.0 Å². The largest absolute Gasteiger partial charge is 0.381 e. The Hall–Kier alpha value is -1.49. The van der Waals surface area contributed by atoms with Crippen LogP contribution >= 0.6 is 0 Å². The van der Waals surface area contributed by atoms with Crippen molar-refractivity contribution in [2.75, 3.05) is 26.3 Å². The van der Waals surface area contributed by atoms with Gasteiger partial charge in [0.2, 0.25) is 10.0 Å². The van der Waals surface area contributed by atoms with E-state index in [1.807, 2.05) is 6.07 Å². The van der Waals surface area contributed by atoms with E-state index in [9.17, 15) is 12.8 Å². The van der Waals surface area contributed by atoms with Crippen molar-refractivity contribution in [2.24, 2.45) is 5.92 Å². The predicted octanol–water partition coefficient (Wildman–Crippen LogP) is 2.08. The van der Waals surface area contributed by atoms with Crippen molar-refractivity contribution in [1.29, 1.82) is 5.26 Å². The summed E-state index contributed by atoms with van der Waals surface area (Å²) in [6, 6.07) is 5.95. The van der Waals surface area contributed by atoms with Crippen molar-refractivity contribution in [1.82, 2.24) is 4.31 Å². The molecule has 1 atom stereocenters. The second kappa shape index (κ2) is 7.18. The molecule has 7 heteroatoms. The maximum absolute atomic E-state index is 14.0. The fourth-order valence-electron chi connectivity index (χ4n) is 2.45. The minimum Gasteiger partial charge on any atom is -0.381 e. The number of rotatable bonds is 6. The zero-order valence-corrected chi connectivity index (χ0v) is 13.3. The van der Waals surface area contributed by atoms with Gasteiger partial charge in [0.05, 0.1) is 12.7 Å². The summed E-state index contributed by atoms with van der Waals surface area (Å²) in [6.45, 7) is 3.12. The Morgan fingerprint density at radius 1 is 1.50 bits per heavy atom. The van der Waals surface area contributed by atoms with Crippen LogP contribution in [0.3, 0.4) is 0 Å². The minimum atomic E-state index is -3.96. The highest BCUT2D eigenvalue weighted by Crippen LogP contribution is 2.24. The monoisotopic (exact) mass is 326 g/mol. The average molecular weight is 326 g/mol. The van der Waals surface area contributed by atoms with Gasteiger partial charge in [-0.1, -0.05) is 6.07 Å². The highest BCUT2D eigenvalue weighted by Gasteiger charge is 2.30. The normalized spacial score (nSPS) is 18.5. The molecule has 0 aliphatic carbocycles. The van der Waals surface area contributed by atoms with Crippen LogP contribution in [0.5, 0.6) is 0 Å².